The largest absolute Gasteiger partial charge is 0.278 e. The van der Waals surface area contributed by atoms with Crippen molar-refractivity contribution in [3.63, 3.8) is 0 Å². The van der Waals surface area contributed by atoms with Gasteiger partial charge in [-0.2, -0.15) is 0 Å². The molecule has 4 nitrogen and oxygen atoms in total. The Morgan fingerprint density at radius 2 is 1.62 bits per heavy atom. The van der Waals surface area contributed by atoms with Gasteiger partial charge in [-0.15, -0.1) is 0 Å². The summed E-state index contributed by atoms with van der Waals surface area (Å²) in [6.45, 7) is 7.73. The highest BCUT2D eigenvalue weighted by Crippen LogP contribution is 2.27. The molecule has 0 aliphatic carbocycles. The van der Waals surface area contributed by atoms with Gasteiger partial charge >= 0.3 is 0 Å². The Balaban J connectivity index is 2.05. The fourth-order valence-corrected chi connectivity index (χ4v) is 4.21. The molecule has 0 amide bonds. The fourth-order valence-electron chi connectivity index (χ4n) is 2.79. The van der Waals surface area contributed by atoms with Gasteiger partial charge in [-0.05, 0) is 68.1 Å². The van der Waals surface area contributed by atoms with Gasteiger partial charge in [0.25, 0.3) is 10.0 Å². The molecule has 0 unspecified atom stereocenters. The molecule has 0 radical (unpaired) electrons. The van der Waals surface area contributed by atoms with E-state index in [1.165, 1.54) is 0 Å². The minimum Gasteiger partial charge on any atom is -0.278 e. The van der Waals surface area contributed by atoms with Crippen molar-refractivity contribution in [1.82, 2.24) is 4.98 Å². The molecule has 0 saturated heterocycles. The van der Waals surface area contributed by atoms with Crippen molar-refractivity contribution in [1.29, 1.82) is 0 Å². The minimum atomic E-state index is -3.66. The molecule has 24 heavy (non-hydrogen) atoms. The summed E-state index contributed by atoms with van der Waals surface area (Å²) in [5.41, 5.74) is 5.17. The standard InChI is InChI=1S/C19H20N2O2S/c1-12-9-19(15(4)14(3)13(12)2)24(22,23)21-17-10-16-7-5-6-8-18(16)20-11-17/h5-11,21H,1-4H3. The van der Waals surface area contributed by atoms with Crippen molar-refractivity contribution >= 4 is 26.6 Å². The van der Waals surface area contributed by atoms with E-state index in [2.05, 4.69) is 9.71 Å². The summed E-state index contributed by atoms with van der Waals surface area (Å²) in [4.78, 5) is 4.62. The Morgan fingerprint density at radius 3 is 2.38 bits per heavy atom. The number of nitrogens with zero attached hydrogens (tertiary/aromatic N) is 1. The first-order chi connectivity index (χ1) is 11.3. The molecule has 1 aromatic heterocycles. The molecule has 5 heteroatoms. The van der Waals surface area contributed by atoms with Gasteiger partial charge in [0.1, 0.15) is 0 Å². The number of fused-ring (bicyclic) bond motifs is 1. The molecule has 3 aromatic rings. The normalized spacial score (nSPS) is 11.7. The van der Waals surface area contributed by atoms with Crippen LogP contribution in [-0.4, -0.2) is 13.4 Å². The van der Waals surface area contributed by atoms with Gasteiger partial charge < -0.3 is 0 Å². The average Bonchev–Trinajstić information content (AvgIpc) is 2.55. The predicted molar refractivity (Wildman–Crippen MR) is 97.9 cm³/mol. The average molecular weight is 340 g/mol. The van der Waals surface area contributed by atoms with E-state index in [9.17, 15) is 8.42 Å². The number of hydrogen-bond acceptors (Lipinski definition) is 3. The van der Waals surface area contributed by atoms with E-state index >= 15 is 0 Å². The molecule has 0 spiro atoms. The second-order valence-electron chi connectivity index (χ2n) is 6.09. The lowest BCUT2D eigenvalue weighted by Crippen LogP contribution is -2.15. The van der Waals surface area contributed by atoms with Crippen molar-refractivity contribution in [2.24, 2.45) is 0 Å². The predicted octanol–water partition coefficient (Wildman–Crippen LogP) is 4.27. The van der Waals surface area contributed by atoms with Crippen molar-refractivity contribution < 1.29 is 8.42 Å². The van der Waals surface area contributed by atoms with Crippen LogP contribution in [0.2, 0.25) is 0 Å². The fraction of sp³-hybridized carbons (Fsp3) is 0.211. The van der Waals surface area contributed by atoms with Crippen LogP contribution >= 0.6 is 0 Å². The van der Waals surface area contributed by atoms with Crippen LogP contribution in [0.5, 0.6) is 0 Å². The minimum absolute atomic E-state index is 0.316. The topological polar surface area (TPSA) is 59.1 Å². The maximum absolute atomic E-state index is 12.8. The lowest BCUT2D eigenvalue weighted by Gasteiger charge is -2.15. The number of benzene rings is 2. The van der Waals surface area contributed by atoms with Crippen LogP contribution in [0.3, 0.4) is 0 Å². The Labute approximate surface area is 142 Å². The van der Waals surface area contributed by atoms with Crippen molar-refractivity contribution in [3.05, 3.63) is 64.8 Å². The number of hydrogen-bond donors (Lipinski definition) is 1. The third kappa shape index (κ3) is 2.87. The zero-order chi connectivity index (χ0) is 17.5. The molecule has 0 saturated carbocycles. The highest BCUT2D eigenvalue weighted by molar-refractivity contribution is 7.92. The third-order valence-electron chi connectivity index (χ3n) is 4.57. The lowest BCUT2D eigenvalue weighted by molar-refractivity contribution is 0.600. The molecule has 2 aromatic carbocycles. The number of pyridine rings is 1. The van der Waals surface area contributed by atoms with Crippen LogP contribution in [0, 0.1) is 27.7 Å². The zero-order valence-corrected chi connectivity index (χ0v) is 15.0. The SMILES string of the molecule is Cc1cc(S(=O)(=O)Nc2cnc3ccccc3c2)c(C)c(C)c1C. The molecule has 0 bridgehead atoms. The van der Waals surface area contributed by atoms with E-state index in [1.54, 1.807) is 18.3 Å². The number of aryl methyl sites for hydroxylation is 1. The summed E-state index contributed by atoms with van der Waals surface area (Å²) in [5.74, 6) is 0. The van der Waals surface area contributed by atoms with E-state index in [-0.39, 0.29) is 0 Å². The number of aromatic nitrogens is 1. The highest BCUT2D eigenvalue weighted by Gasteiger charge is 2.20. The monoisotopic (exact) mass is 340 g/mol. The molecule has 124 valence electrons. The molecular formula is C19H20N2O2S. The Kier molecular flexibility index (Phi) is 4.05. The number of anilines is 1. The van der Waals surface area contributed by atoms with Crippen molar-refractivity contribution in [3.8, 4) is 0 Å². The Morgan fingerprint density at radius 1 is 0.917 bits per heavy atom. The maximum Gasteiger partial charge on any atom is 0.262 e. The molecule has 0 atom stereocenters. The maximum atomic E-state index is 12.8. The van der Waals surface area contributed by atoms with Crippen LogP contribution in [0.25, 0.3) is 10.9 Å². The van der Waals surface area contributed by atoms with Crippen LogP contribution < -0.4 is 4.72 Å². The first-order valence-corrected chi connectivity index (χ1v) is 9.23. The van der Waals surface area contributed by atoms with Gasteiger partial charge in [-0.1, -0.05) is 18.2 Å². The van der Waals surface area contributed by atoms with Gasteiger partial charge in [0, 0.05) is 5.39 Å². The number of para-hydroxylation sites is 1. The summed E-state index contributed by atoms with van der Waals surface area (Å²) in [7, 11) is -3.66. The van der Waals surface area contributed by atoms with Gasteiger partial charge in [0.15, 0.2) is 0 Å². The number of rotatable bonds is 3. The molecule has 0 aliphatic rings. The van der Waals surface area contributed by atoms with Gasteiger partial charge in [0.2, 0.25) is 0 Å². The Hall–Kier alpha value is -2.40. The molecule has 1 N–H and O–H groups in total. The van der Waals surface area contributed by atoms with Crippen LogP contribution in [0.15, 0.2) is 47.5 Å². The van der Waals surface area contributed by atoms with E-state index < -0.39 is 10.0 Å². The first kappa shape index (κ1) is 16.5. The quantitative estimate of drug-likeness (QED) is 0.774. The van der Waals surface area contributed by atoms with Gasteiger partial charge in [-0.25, -0.2) is 8.42 Å². The van der Waals surface area contributed by atoms with E-state index in [1.807, 2.05) is 52.0 Å². The lowest BCUT2D eigenvalue weighted by atomic mass is 10.00. The molecule has 1 heterocycles. The Bertz CT molecular complexity index is 1040. The first-order valence-electron chi connectivity index (χ1n) is 7.74. The van der Waals surface area contributed by atoms with Gasteiger partial charge in [0.05, 0.1) is 22.3 Å². The molecule has 3 rings (SSSR count). The zero-order valence-electron chi connectivity index (χ0n) is 14.2. The van der Waals surface area contributed by atoms with E-state index in [4.69, 9.17) is 0 Å². The summed E-state index contributed by atoms with van der Waals surface area (Å²) >= 11 is 0. The van der Waals surface area contributed by atoms with Gasteiger partial charge in [-0.3, -0.25) is 9.71 Å². The summed E-state index contributed by atoms with van der Waals surface area (Å²) in [5, 5.41) is 0.894. The number of sulfonamides is 1. The third-order valence-corrected chi connectivity index (χ3v) is 6.07. The molecular weight excluding hydrogens is 320 g/mol. The smallest absolute Gasteiger partial charge is 0.262 e. The van der Waals surface area contributed by atoms with Crippen molar-refractivity contribution in [2.75, 3.05) is 4.72 Å². The van der Waals surface area contributed by atoms with Crippen molar-refractivity contribution in [2.45, 2.75) is 32.6 Å². The van der Waals surface area contributed by atoms with Crippen LogP contribution in [0.4, 0.5) is 5.69 Å². The van der Waals surface area contributed by atoms with Crippen LogP contribution in [0.1, 0.15) is 22.3 Å². The second-order valence-corrected chi connectivity index (χ2v) is 7.74. The van der Waals surface area contributed by atoms with E-state index in [0.717, 1.165) is 33.2 Å². The second kappa shape index (κ2) is 5.91. The number of nitrogens with one attached hydrogen (secondary N) is 1. The molecule has 0 fully saturated rings. The summed E-state index contributed by atoms with van der Waals surface area (Å²) in [6, 6.07) is 11.1. The summed E-state index contributed by atoms with van der Waals surface area (Å²) < 4.78 is 28.3. The highest BCUT2D eigenvalue weighted by atomic mass is 32.2. The summed E-state index contributed by atoms with van der Waals surface area (Å²) in [6.07, 6.45) is 1.54. The van der Waals surface area contributed by atoms with Crippen LogP contribution in [-0.2, 0) is 10.0 Å². The van der Waals surface area contributed by atoms with E-state index in [0.29, 0.717) is 10.6 Å². The molecule has 0 aliphatic heterocycles.